The molecule has 0 radical (unpaired) electrons. The number of hydrogen-bond donors (Lipinski definition) is 1. The number of hydrogen-bond acceptors (Lipinski definition) is 5. The molecule has 5 nitrogen and oxygen atoms in total. The number of aromatic nitrogens is 3. The lowest BCUT2D eigenvalue weighted by atomic mass is 10.2. The molecular weight excluding hydrogens is 320 g/mol. The molecule has 0 spiro atoms. The predicted octanol–water partition coefficient (Wildman–Crippen LogP) is 3.45. The van der Waals surface area contributed by atoms with E-state index >= 15 is 0 Å². The molecule has 2 N–H and O–H groups in total. The van der Waals surface area contributed by atoms with Crippen LogP contribution in [0.4, 0.5) is 5.69 Å². The van der Waals surface area contributed by atoms with E-state index in [1.54, 1.807) is 12.3 Å². The van der Waals surface area contributed by atoms with Gasteiger partial charge in [-0.15, -0.1) is 0 Å². The first-order chi connectivity index (χ1) is 9.63. The highest BCUT2D eigenvalue weighted by atomic mass is 79.9. The maximum absolute atomic E-state index is 5.93. The second-order valence-corrected chi connectivity index (χ2v) is 5.29. The second-order valence-electron chi connectivity index (χ2n) is 4.37. The van der Waals surface area contributed by atoms with Crippen LogP contribution in [0.1, 0.15) is 5.56 Å². The molecule has 0 atom stereocenters. The third-order valence-electron chi connectivity index (χ3n) is 2.82. The van der Waals surface area contributed by atoms with Gasteiger partial charge in [-0.25, -0.2) is 0 Å². The standard InChI is InChI=1S/C14H11BrN4O/c1-8-4-5-17-12(6-8)13-18-14(20-19-13)10-7-9(15)2-3-11(10)16/h2-7H,16H2,1H3. The number of nitrogens with zero attached hydrogens (tertiary/aromatic N) is 3. The smallest absolute Gasteiger partial charge is 0.260 e. The van der Waals surface area contributed by atoms with Crippen LogP contribution in [0.25, 0.3) is 23.0 Å². The summed E-state index contributed by atoms with van der Waals surface area (Å²) in [4.78, 5) is 8.58. The van der Waals surface area contributed by atoms with E-state index in [1.807, 2.05) is 31.2 Å². The Morgan fingerprint density at radius 3 is 2.85 bits per heavy atom. The van der Waals surface area contributed by atoms with Gasteiger partial charge in [-0.05, 0) is 42.8 Å². The Morgan fingerprint density at radius 2 is 2.05 bits per heavy atom. The third kappa shape index (κ3) is 2.42. The molecule has 2 aromatic heterocycles. The molecule has 20 heavy (non-hydrogen) atoms. The van der Waals surface area contributed by atoms with Crippen LogP contribution in [0, 0.1) is 6.92 Å². The van der Waals surface area contributed by atoms with E-state index in [9.17, 15) is 0 Å². The van der Waals surface area contributed by atoms with Crippen molar-refractivity contribution in [3.8, 4) is 23.0 Å². The summed E-state index contributed by atoms with van der Waals surface area (Å²) < 4.78 is 6.18. The molecule has 0 aliphatic rings. The molecule has 0 aliphatic carbocycles. The van der Waals surface area contributed by atoms with Gasteiger partial charge in [0.25, 0.3) is 5.89 Å². The highest BCUT2D eigenvalue weighted by Crippen LogP contribution is 2.29. The van der Waals surface area contributed by atoms with Crippen molar-refractivity contribution in [1.82, 2.24) is 15.1 Å². The van der Waals surface area contributed by atoms with Gasteiger partial charge < -0.3 is 10.3 Å². The number of aryl methyl sites for hydroxylation is 1. The average molecular weight is 331 g/mol. The van der Waals surface area contributed by atoms with Gasteiger partial charge in [0.2, 0.25) is 5.82 Å². The summed E-state index contributed by atoms with van der Waals surface area (Å²) >= 11 is 3.40. The Hall–Kier alpha value is -2.21. The van der Waals surface area contributed by atoms with E-state index in [4.69, 9.17) is 10.3 Å². The van der Waals surface area contributed by atoms with Crippen molar-refractivity contribution in [3.63, 3.8) is 0 Å². The van der Waals surface area contributed by atoms with E-state index in [1.165, 1.54) is 0 Å². The number of pyridine rings is 1. The van der Waals surface area contributed by atoms with Crippen molar-refractivity contribution in [2.24, 2.45) is 0 Å². The molecule has 0 aliphatic heterocycles. The van der Waals surface area contributed by atoms with E-state index in [0.29, 0.717) is 28.7 Å². The van der Waals surface area contributed by atoms with Gasteiger partial charge in [-0.1, -0.05) is 21.1 Å². The number of benzene rings is 1. The minimum Gasteiger partial charge on any atom is -0.398 e. The second kappa shape index (κ2) is 5.05. The summed E-state index contributed by atoms with van der Waals surface area (Å²) in [5.74, 6) is 0.824. The van der Waals surface area contributed by atoms with Crippen molar-refractivity contribution in [1.29, 1.82) is 0 Å². The Bertz CT molecular complexity index is 769. The molecule has 0 unspecified atom stereocenters. The van der Waals surface area contributed by atoms with E-state index in [0.717, 1.165) is 10.0 Å². The maximum Gasteiger partial charge on any atom is 0.260 e. The SMILES string of the molecule is Cc1ccnc(-c2noc(-c3cc(Br)ccc3N)n2)c1. The minimum atomic E-state index is 0.377. The third-order valence-corrected chi connectivity index (χ3v) is 3.31. The minimum absolute atomic E-state index is 0.377. The first kappa shape index (κ1) is 12.8. The lowest BCUT2D eigenvalue weighted by molar-refractivity contribution is 0.432. The maximum atomic E-state index is 5.93. The fourth-order valence-corrected chi connectivity index (χ4v) is 2.17. The van der Waals surface area contributed by atoms with Gasteiger partial charge in [0.05, 0.1) is 5.56 Å². The molecular formula is C14H11BrN4O. The molecule has 100 valence electrons. The Labute approximate surface area is 124 Å². The average Bonchev–Trinajstić information content (AvgIpc) is 2.91. The van der Waals surface area contributed by atoms with Crippen molar-refractivity contribution >= 4 is 21.6 Å². The highest BCUT2D eigenvalue weighted by molar-refractivity contribution is 9.10. The van der Waals surface area contributed by atoms with E-state index < -0.39 is 0 Å². The Kier molecular flexibility index (Phi) is 3.23. The number of rotatable bonds is 2. The van der Waals surface area contributed by atoms with Crippen LogP contribution in [-0.4, -0.2) is 15.1 Å². The molecule has 0 amide bonds. The summed E-state index contributed by atoms with van der Waals surface area (Å²) in [5.41, 5.74) is 8.97. The molecule has 3 aromatic rings. The van der Waals surface area contributed by atoms with Gasteiger partial charge in [0.15, 0.2) is 0 Å². The van der Waals surface area contributed by atoms with Crippen molar-refractivity contribution in [2.75, 3.05) is 5.73 Å². The van der Waals surface area contributed by atoms with Crippen molar-refractivity contribution in [2.45, 2.75) is 6.92 Å². The van der Waals surface area contributed by atoms with Crippen LogP contribution in [-0.2, 0) is 0 Å². The Balaban J connectivity index is 2.04. The van der Waals surface area contributed by atoms with Gasteiger partial charge in [0.1, 0.15) is 5.69 Å². The topological polar surface area (TPSA) is 77.8 Å². The molecule has 0 fully saturated rings. The van der Waals surface area contributed by atoms with Crippen LogP contribution >= 0.6 is 15.9 Å². The van der Waals surface area contributed by atoms with Crippen molar-refractivity contribution < 1.29 is 4.52 Å². The van der Waals surface area contributed by atoms with Gasteiger partial charge in [-0.2, -0.15) is 4.98 Å². The summed E-state index contributed by atoms with van der Waals surface area (Å²) in [7, 11) is 0. The van der Waals surface area contributed by atoms with Crippen LogP contribution in [0.3, 0.4) is 0 Å². The van der Waals surface area contributed by atoms with Crippen LogP contribution in [0.2, 0.25) is 0 Å². The number of nitrogens with two attached hydrogens (primary N) is 1. The first-order valence-corrected chi connectivity index (χ1v) is 6.75. The summed E-state index contributed by atoms with van der Waals surface area (Å²) in [5, 5.41) is 3.96. The summed E-state index contributed by atoms with van der Waals surface area (Å²) in [6.45, 7) is 1.98. The lowest BCUT2D eigenvalue weighted by Crippen LogP contribution is -1.90. The van der Waals surface area contributed by atoms with Crippen LogP contribution in [0.5, 0.6) is 0 Å². The fraction of sp³-hybridized carbons (Fsp3) is 0.0714. The van der Waals surface area contributed by atoms with Crippen LogP contribution < -0.4 is 5.73 Å². The van der Waals surface area contributed by atoms with Crippen LogP contribution in [0.15, 0.2) is 45.5 Å². The normalized spacial score (nSPS) is 10.7. The quantitative estimate of drug-likeness (QED) is 0.728. The zero-order valence-electron chi connectivity index (χ0n) is 10.7. The zero-order chi connectivity index (χ0) is 14.1. The molecule has 0 bridgehead atoms. The fourth-order valence-electron chi connectivity index (χ4n) is 1.81. The molecule has 6 heteroatoms. The Morgan fingerprint density at radius 1 is 1.20 bits per heavy atom. The zero-order valence-corrected chi connectivity index (χ0v) is 12.3. The van der Waals surface area contributed by atoms with Gasteiger partial charge >= 0.3 is 0 Å². The van der Waals surface area contributed by atoms with Crippen molar-refractivity contribution in [3.05, 3.63) is 46.6 Å². The van der Waals surface area contributed by atoms with Gasteiger partial charge in [0, 0.05) is 16.4 Å². The van der Waals surface area contributed by atoms with E-state index in [2.05, 4.69) is 31.1 Å². The summed E-state index contributed by atoms with van der Waals surface area (Å²) in [6, 6.07) is 9.30. The summed E-state index contributed by atoms with van der Waals surface area (Å²) in [6.07, 6.45) is 1.72. The van der Waals surface area contributed by atoms with Gasteiger partial charge in [-0.3, -0.25) is 4.98 Å². The molecule has 3 rings (SSSR count). The first-order valence-electron chi connectivity index (χ1n) is 5.95. The highest BCUT2D eigenvalue weighted by Gasteiger charge is 2.14. The number of anilines is 1. The molecule has 0 saturated heterocycles. The van der Waals surface area contributed by atoms with E-state index in [-0.39, 0.29) is 0 Å². The molecule has 0 saturated carbocycles. The largest absolute Gasteiger partial charge is 0.398 e. The molecule has 2 heterocycles. The molecule has 1 aromatic carbocycles. The lowest BCUT2D eigenvalue weighted by Gasteiger charge is -2.00. The predicted molar refractivity (Wildman–Crippen MR) is 79.8 cm³/mol. The monoisotopic (exact) mass is 330 g/mol. The number of nitrogen functional groups attached to an aromatic ring is 1. The number of halogens is 1.